The normalized spacial score (nSPS) is 11.9. The van der Waals surface area contributed by atoms with Crippen molar-refractivity contribution in [2.24, 2.45) is 0 Å². The minimum absolute atomic E-state index is 0.0470. The Morgan fingerprint density at radius 3 is 1.90 bits per heavy atom. The molecule has 0 aliphatic carbocycles. The molecule has 1 rings (SSSR count). The number of nitrogens with one attached hydrogen (secondary N) is 2. The summed E-state index contributed by atoms with van der Waals surface area (Å²) >= 11 is 0. The molecule has 0 aromatic heterocycles. The van der Waals surface area contributed by atoms with E-state index in [-0.39, 0.29) is 5.69 Å². The molecule has 0 atom stereocenters. The average molecular weight is 314 g/mol. The standard InChI is InChI=1S/C11H8F6N2O2/c12-10(13,14)6-1-3-7(4-2-6)19-8(20)5-18-9(21)11(15,16)17/h1-4H,5H2,(H,18,21)(H,19,20). The summed E-state index contributed by atoms with van der Waals surface area (Å²) in [6.45, 7) is -0.959. The zero-order valence-corrected chi connectivity index (χ0v) is 10.1. The maximum absolute atomic E-state index is 12.3. The van der Waals surface area contributed by atoms with Gasteiger partial charge in [0.05, 0.1) is 12.1 Å². The topological polar surface area (TPSA) is 58.2 Å². The van der Waals surface area contributed by atoms with Gasteiger partial charge in [-0.05, 0) is 24.3 Å². The van der Waals surface area contributed by atoms with Gasteiger partial charge in [-0.2, -0.15) is 26.3 Å². The van der Waals surface area contributed by atoms with E-state index in [4.69, 9.17) is 0 Å². The van der Waals surface area contributed by atoms with Gasteiger partial charge < -0.3 is 10.6 Å². The van der Waals surface area contributed by atoms with Crippen LogP contribution in [0.4, 0.5) is 32.0 Å². The van der Waals surface area contributed by atoms with Crippen molar-refractivity contribution >= 4 is 17.5 Å². The quantitative estimate of drug-likeness (QED) is 0.841. The van der Waals surface area contributed by atoms with Crippen molar-refractivity contribution in [1.82, 2.24) is 5.32 Å². The van der Waals surface area contributed by atoms with Crippen molar-refractivity contribution in [2.75, 3.05) is 11.9 Å². The molecule has 0 saturated carbocycles. The van der Waals surface area contributed by atoms with Gasteiger partial charge in [0.1, 0.15) is 0 Å². The molecule has 116 valence electrons. The summed E-state index contributed by atoms with van der Waals surface area (Å²) in [6, 6.07) is 3.27. The van der Waals surface area contributed by atoms with Crippen molar-refractivity contribution in [2.45, 2.75) is 12.4 Å². The highest BCUT2D eigenvalue weighted by Crippen LogP contribution is 2.29. The maximum atomic E-state index is 12.3. The molecular formula is C11H8F6N2O2. The summed E-state index contributed by atoms with van der Waals surface area (Å²) in [7, 11) is 0. The summed E-state index contributed by atoms with van der Waals surface area (Å²) in [4.78, 5) is 21.6. The lowest BCUT2D eigenvalue weighted by Crippen LogP contribution is -2.41. The van der Waals surface area contributed by atoms with E-state index in [2.05, 4.69) is 0 Å². The second-order valence-electron chi connectivity index (χ2n) is 3.80. The second kappa shape index (κ2) is 6.02. The Hall–Kier alpha value is -2.26. The number of benzene rings is 1. The molecule has 1 aromatic rings. The van der Waals surface area contributed by atoms with E-state index in [1.165, 1.54) is 5.32 Å². The molecule has 21 heavy (non-hydrogen) atoms. The summed E-state index contributed by atoms with van der Waals surface area (Å²) < 4.78 is 72.3. The number of anilines is 1. The number of carbonyl (C=O) groups excluding carboxylic acids is 2. The Morgan fingerprint density at radius 2 is 1.48 bits per heavy atom. The maximum Gasteiger partial charge on any atom is 0.471 e. The lowest BCUT2D eigenvalue weighted by atomic mass is 10.2. The number of alkyl halides is 6. The molecule has 0 bridgehead atoms. The third kappa shape index (κ3) is 5.32. The van der Waals surface area contributed by atoms with Crippen LogP contribution in [0, 0.1) is 0 Å². The predicted molar refractivity (Wildman–Crippen MR) is 59.1 cm³/mol. The molecule has 2 amide bonds. The fraction of sp³-hybridized carbons (Fsp3) is 0.273. The van der Waals surface area contributed by atoms with Crippen LogP contribution in [0.2, 0.25) is 0 Å². The number of hydrogen-bond donors (Lipinski definition) is 2. The van der Waals surface area contributed by atoms with Gasteiger partial charge >= 0.3 is 18.3 Å². The minimum Gasteiger partial charge on any atom is -0.339 e. The monoisotopic (exact) mass is 314 g/mol. The third-order valence-electron chi connectivity index (χ3n) is 2.16. The largest absolute Gasteiger partial charge is 0.471 e. The molecule has 0 saturated heterocycles. The van der Waals surface area contributed by atoms with E-state index in [0.29, 0.717) is 12.1 Å². The molecule has 0 aliphatic heterocycles. The average Bonchev–Trinajstić information content (AvgIpc) is 2.34. The highest BCUT2D eigenvalue weighted by atomic mass is 19.4. The van der Waals surface area contributed by atoms with Crippen LogP contribution in [0.1, 0.15) is 5.56 Å². The van der Waals surface area contributed by atoms with Gasteiger partial charge in [-0.15, -0.1) is 0 Å². The van der Waals surface area contributed by atoms with Crippen LogP contribution >= 0.6 is 0 Å². The number of halogens is 6. The van der Waals surface area contributed by atoms with E-state index >= 15 is 0 Å². The lowest BCUT2D eigenvalue weighted by Gasteiger charge is -2.10. The van der Waals surface area contributed by atoms with E-state index in [1.54, 1.807) is 0 Å². The molecular weight excluding hydrogens is 306 g/mol. The molecule has 0 spiro atoms. The highest BCUT2D eigenvalue weighted by Gasteiger charge is 2.38. The Bertz CT molecular complexity index is 521. The van der Waals surface area contributed by atoms with Gasteiger partial charge in [0.15, 0.2) is 0 Å². The first-order valence-electron chi connectivity index (χ1n) is 5.32. The van der Waals surface area contributed by atoms with Crippen LogP contribution < -0.4 is 10.6 Å². The molecule has 0 heterocycles. The van der Waals surface area contributed by atoms with E-state index in [1.807, 2.05) is 5.32 Å². The minimum atomic E-state index is -5.12. The van der Waals surface area contributed by atoms with Gasteiger partial charge in [-0.25, -0.2) is 0 Å². The summed E-state index contributed by atoms with van der Waals surface area (Å²) in [5, 5.41) is 3.36. The van der Waals surface area contributed by atoms with Crippen LogP contribution in [0.5, 0.6) is 0 Å². The van der Waals surface area contributed by atoms with Gasteiger partial charge in [0, 0.05) is 5.69 Å². The Labute approximate surface area is 114 Å². The van der Waals surface area contributed by atoms with E-state index < -0.39 is 36.3 Å². The number of amides is 2. The lowest BCUT2D eigenvalue weighted by molar-refractivity contribution is -0.173. The highest BCUT2D eigenvalue weighted by molar-refractivity contribution is 5.95. The first-order valence-corrected chi connectivity index (χ1v) is 5.32. The van der Waals surface area contributed by atoms with Gasteiger partial charge in [-0.1, -0.05) is 0 Å². The molecule has 0 radical (unpaired) electrons. The zero-order valence-electron chi connectivity index (χ0n) is 10.1. The number of rotatable bonds is 3. The van der Waals surface area contributed by atoms with Crippen molar-refractivity contribution in [3.8, 4) is 0 Å². The van der Waals surface area contributed by atoms with Gasteiger partial charge in [-0.3, -0.25) is 9.59 Å². The summed E-state index contributed by atoms with van der Waals surface area (Å²) in [5.41, 5.74) is -0.986. The van der Waals surface area contributed by atoms with Crippen molar-refractivity contribution in [3.05, 3.63) is 29.8 Å². The van der Waals surface area contributed by atoms with Gasteiger partial charge in [0.2, 0.25) is 5.91 Å². The summed E-state index contributed by atoms with van der Waals surface area (Å²) in [5.74, 6) is -3.29. The van der Waals surface area contributed by atoms with Gasteiger partial charge in [0.25, 0.3) is 0 Å². The summed E-state index contributed by atoms with van der Waals surface area (Å²) in [6.07, 6.45) is -9.65. The first kappa shape index (κ1) is 16.8. The Morgan fingerprint density at radius 1 is 0.952 bits per heavy atom. The van der Waals surface area contributed by atoms with E-state index in [9.17, 15) is 35.9 Å². The van der Waals surface area contributed by atoms with Crippen LogP contribution in [-0.4, -0.2) is 24.5 Å². The molecule has 2 N–H and O–H groups in total. The fourth-order valence-electron chi connectivity index (χ4n) is 1.21. The predicted octanol–water partition coefficient (Wildman–Crippen LogP) is 2.32. The molecule has 0 fully saturated rings. The SMILES string of the molecule is O=C(CNC(=O)C(F)(F)F)Nc1ccc(C(F)(F)F)cc1. The van der Waals surface area contributed by atoms with Crippen LogP contribution in [0.25, 0.3) is 0 Å². The molecule has 4 nitrogen and oxygen atoms in total. The second-order valence-corrected chi connectivity index (χ2v) is 3.80. The van der Waals surface area contributed by atoms with E-state index in [0.717, 1.165) is 12.1 Å². The smallest absolute Gasteiger partial charge is 0.339 e. The molecule has 1 aromatic carbocycles. The zero-order chi connectivity index (χ0) is 16.3. The van der Waals surface area contributed by atoms with Crippen molar-refractivity contribution in [1.29, 1.82) is 0 Å². The molecule has 10 heteroatoms. The van der Waals surface area contributed by atoms with Crippen LogP contribution in [-0.2, 0) is 15.8 Å². The molecule has 0 aliphatic rings. The number of hydrogen-bond acceptors (Lipinski definition) is 2. The van der Waals surface area contributed by atoms with Crippen LogP contribution in [0.15, 0.2) is 24.3 Å². The fourth-order valence-corrected chi connectivity index (χ4v) is 1.21. The number of carbonyl (C=O) groups is 2. The van der Waals surface area contributed by atoms with Crippen molar-refractivity contribution < 1.29 is 35.9 Å². The molecule has 0 unspecified atom stereocenters. The Kier molecular flexibility index (Phi) is 4.81. The first-order chi connectivity index (χ1) is 9.50. The Balaban J connectivity index is 2.54. The van der Waals surface area contributed by atoms with Crippen molar-refractivity contribution in [3.63, 3.8) is 0 Å². The third-order valence-corrected chi connectivity index (χ3v) is 2.16. The van der Waals surface area contributed by atoms with Crippen LogP contribution in [0.3, 0.4) is 0 Å².